The normalized spacial score (nSPS) is 10.5. The summed E-state index contributed by atoms with van der Waals surface area (Å²) < 4.78 is 5.61. The van der Waals surface area contributed by atoms with Crippen LogP contribution in [0.15, 0.2) is 24.3 Å². The second-order valence-corrected chi connectivity index (χ2v) is 4.38. The smallest absolute Gasteiger partial charge is 0.119 e. The molecular formula is C15H24O2. The predicted molar refractivity (Wildman–Crippen MR) is 71.5 cm³/mol. The lowest BCUT2D eigenvalue weighted by Gasteiger charge is -2.07. The fourth-order valence-corrected chi connectivity index (χ4v) is 1.81. The van der Waals surface area contributed by atoms with Gasteiger partial charge in [0.25, 0.3) is 0 Å². The summed E-state index contributed by atoms with van der Waals surface area (Å²) in [5, 5.41) is 8.68. The van der Waals surface area contributed by atoms with Gasteiger partial charge in [-0.3, -0.25) is 0 Å². The first-order chi connectivity index (χ1) is 8.36. The quantitative estimate of drug-likeness (QED) is 0.664. The molecule has 1 rings (SSSR count). The van der Waals surface area contributed by atoms with Gasteiger partial charge < -0.3 is 9.84 Å². The zero-order valence-corrected chi connectivity index (χ0v) is 10.8. The zero-order chi connectivity index (χ0) is 12.3. The Balaban J connectivity index is 2.27. The Morgan fingerprint density at radius 3 is 2.71 bits per heavy atom. The van der Waals surface area contributed by atoms with Gasteiger partial charge in [0.05, 0.1) is 6.61 Å². The first-order valence-electron chi connectivity index (χ1n) is 6.69. The number of aliphatic hydroxyl groups excluding tert-OH is 1. The number of hydrogen-bond donors (Lipinski definition) is 1. The third kappa shape index (κ3) is 6.32. The third-order valence-electron chi connectivity index (χ3n) is 2.74. The van der Waals surface area contributed by atoms with Crippen molar-refractivity contribution in [1.82, 2.24) is 0 Å². The van der Waals surface area contributed by atoms with E-state index >= 15 is 0 Å². The van der Waals surface area contributed by atoms with Crippen molar-refractivity contribution in [3.05, 3.63) is 29.8 Å². The summed E-state index contributed by atoms with van der Waals surface area (Å²) in [6, 6.07) is 8.38. The molecule has 0 unspecified atom stereocenters. The van der Waals surface area contributed by atoms with Crippen molar-refractivity contribution >= 4 is 0 Å². The van der Waals surface area contributed by atoms with E-state index in [2.05, 4.69) is 25.1 Å². The van der Waals surface area contributed by atoms with E-state index in [1.807, 2.05) is 6.07 Å². The first-order valence-corrected chi connectivity index (χ1v) is 6.69. The van der Waals surface area contributed by atoms with Crippen LogP contribution in [0.2, 0.25) is 0 Å². The highest BCUT2D eigenvalue weighted by Gasteiger charge is 1.97. The minimum atomic E-state index is 0.320. The van der Waals surface area contributed by atoms with Crippen molar-refractivity contribution < 1.29 is 9.84 Å². The van der Waals surface area contributed by atoms with E-state index in [9.17, 15) is 0 Å². The summed E-state index contributed by atoms with van der Waals surface area (Å²) in [4.78, 5) is 0. The van der Waals surface area contributed by atoms with Gasteiger partial charge in [0.2, 0.25) is 0 Å². The molecule has 1 aromatic rings. The Morgan fingerprint density at radius 1 is 1.12 bits per heavy atom. The largest absolute Gasteiger partial charge is 0.494 e. The van der Waals surface area contributed by atoms with Gasteiger partial charge in [-0.25, -0.2) is 0 Å². The van der Waals surface area contributed by atoms with E-state index < -0.39 is 0 Å². The van der Waals surface area contributed by atoms with Crippen molar-refractivity contribution in [3.8, 4) is 5.75 Å². The van der Waals surface area contributed by atoms with Gasteiger partial charge in [-0.15, -0.1) is 0 Å². The Bertz CT molecular complexity index is 297. The fraction of sp³-hybridized carbons (Fsp3) is 0.600. The van der Waals surface area contributed by atoms with Crippen LogP contribution < -0.4 is 4.74 Å². The number of rotatable bonds is 9. The number of ether oxygens (including phenoxy) is 1. The van der Waals surface area contributed by atoms with Crippen molar-refractivity contribution in [2.45, 2.75) is 45.4 Å². The summed E-state index contributed by atoms with van der Waals surface area (Å²) >= 11 is 0. The van der Waals surface area contributed by atoms with E-state index in [0.29, 0.717) is 6.61 Å². The number of hydrogen-bond acceptors (Lipinski definition) is 2. The SMILES string of the molecule is CCCOc1cccc(CCCCCCO)c1. The van der Waals surface area contributed by atoms with Crippen LogP contribution >= 0.6 is 0 Å². The van der Waals surface area contributed by atoms with Gasteiger partial charge in [-0.1, -0.05) is 31.9 Å². The minimum absolute atomic E-state index is 0.320. The van der Waals surface area contributed by atoms with E-state index in [0.717, 1.165) is 38.0 Å². The Kier molecular flexibility index (Phi) is 7.48. The molecule has 0 radical (unpaired) electrons. The third-order valence-corrected chi connectivity index (χ3v) is 2.74. The lowest BCUT2D eigenvalue weighted by molar-refractivity contribution is 0.282. The second-order valence-electron chi connectivity index (χ2n) is 4.38. The molecule has 1 N–H and O–H groups in total. The number of aryl methyl sites for hydroxylation is 1. The molecule has 0 aliphatic rings. The highest BCUT2D eigenvalue weighted by atomic mass is 16.5. The standard InChI is InChI=1S/C15H24O2/c1-2-12-17-15-10-7-9-14(13-15)8-5-3-4-6-11-16/h7,9-10,13,16H,2-6,8,11-12H2,1H3. The molecule has 0 spiro atoms. The van der Waals surface area contributed by atoms with Crippen LogP contribution in [0.25, 0.3) is 0 Å². The molecule has 0 atom stereocenters. The Morgan fingerprint density at radius 2 is 1.94 bits per heavy atom. The summed E-state index contributed by atoms with van der Waals surface area (Å²) in [5.74, 6) is 0.986. The van der Waals surface area contributed by atoms with Crippen LogP contribution in [0.5, 0.6) is 5.75 Å². The maximum atomic E-state index is 8.68. The van der Waals surface area contributed by atoms with Gasteiger partial charge in [-0.05, 0) is 43.4 Å². The predicted octanol–water partition coefficient (Wildman–Crippen LogP) is 3.57. The van der Waals surface area contributed by atoms with Crippen LogP contribution in [0.4, 0.5) is 0 Å². The molecule has 17 heavy (non-hydrogen) atoms. The topological polar surface area (TPSA) is 29.5 Å². The lowest BCUT2D eigenvalue weighted by atomic mass is 10.1. The van der Waals surface area contributed by atoms with Crippen LogP contribution in [0.3, 0.4) is 0 Å². The molecule has 0 fully saturated rings. The molecule has 0 amide bonds. The Labute approximate surface area is 105 Å². The minimum Gasteiger partial charge on any atom is -0.494 e. The molecule has 2 heteroatoms. The van der Waals surface area contributed by atoms with Crippen LogP contribution in [0.1, 0.15) is 44.6 Å². The Hall–Kier alpha value is -1.02. The van der Waals surface area contributed by atoms with Gasteiger partial charge in [0, 0.05) is 6.61 Å². The lowest BCUT2D eigenvalue weighted by Crippen LogP contribution is -1.95. The maximum Gasteiger partial charge on any atom is 0.119 e. The number of aliphatic hydroxyl groups is 1. The molecule has 0 aliphatic carbocycles. The van der Waals surface area contributed by atoms with E-state index in [-0.39, 0.29) is 0 Å². The van der Waals surface area contributed by atoms with Crippen LogP contribution in [-0.2, 0) is 6.42 Å². The highest BCUT2D eigenvalue weighted by molar-refractivity contribution is 5.28. The monoisotopic (exact) mass is 236 g/mol. The zero-order valence-electron chi connectivity index (χ0n) is 10.8. The van der Waals surface area contributed by atoms with Gasteiger partial charge in [0.1, 0.15) is 5.75 Å². The molecule has 0 saturated carbocycles. The highest BCUT2D eigenvalue weighted by Crippen LogP contribution is 2.16. The van der Waals surface area contributed by atoms with E-state index in [1.165, 1.54) is 18.4 Å². The molecule has 0 aliphatic heterocycles. The second kappa shape index (κ2) is 9.06. The number of benzene rings is 1. The maximum absolute atomic E-state index is 8.68. The number of unbranched alkanes of at least 4 members (excludes halogenated alkanes) is 3. The molecule has 96 valence electrons. The molecular weight excluding hydrogens is 212 g/mol. The molecule has 0 heterocycles. The van der Waals surface area contributed by atoms with Crippen molar-refractivity contribution in [2.24, 2.45) is 0 Å². The molecule has 1 aromatic carbocycles. The summed E-state index contributed by atoms with van der Waals surface area (Å²) in [5.41, 5.74) is 1.35. The van der Waals surface area contributed by atoms with Gasteiger partial charge in [0.15, 0.2) is 0 Å². The fourth-order valence-electron chi connectivity index (χ4n) is 1.81. The average Bonchev–Trinajstić information content (AvgIpc) is 2.37. The molecule has 0 aromatic heterocycles. The van der Waals surface area contributed by atoms with Crippen LogP contribution in [-0.4, -0.2) is 18.3 Å². The van der Waals surface area contributed by atoms with Crippen molar-refractivity contribution in [1.29, 1.82) is 0 Å². The van der Waals surface area contributed by atoms with E-state index in [4.69, 9.17) is 9.84 Å². The average molecular weight is 236 g/mol. The van der Waals surface area contributed by atoms with Gasteiger partial charge >= 0.3 is 0 Å². The molecule has 2 nitrogen and oxygen atoms in total. The first kappa shape index (κ1) is 14.0. The van der Waals surface area contributed by atoms with Crippen LogP contribution in [0, 0.1) is 0 Å². The summed E-state index contributed by atoms with van der Waals surface area (Å²) in [6.45, 7) is 3.23. The van der Waals surface area contributed by atoms with Crippen molar-refractivity contribution in [3.63, 3.8) is 0 Å². The summed E-state index contributed by atoms with van der Waals surface area (Å²) in [6.07, 6.45) is 6.60. The van der Waals surface area contributed by atoms with Gasteiger partial charge in [-0.2, -0.15) is 0 Å². The molecule has 0 saturated heterocycles. The summed E-state index contributed by atoms with van der Waals surface area (Å²) in [7, 11) is 0. The van der Waals surface area contributed by atoms with E-state index in [1.54, 1.807) is 0 Å². The van der Waals surface area contributed by atoms with Crippen molar-refractivity contribution in [2.75, 3.05) is 13.2 Å². The molecule has 0 bridgehead atoms.